The number of carbonyl (C=O) groups excluding carboxylic acids is 1. The minimum Gasteiger partial charge on any atom is -0.465 e. The fourth-order valence-corrected chi connectivity index (χ4v) is 2.78. The molecule has 1 aromatic heterocycles. The van der Waals surface area contributed by atoms with Crippen molar-refractivity contribution in [3.05, 3.63) is 35.2 Å². The van der Waals surface area contributed by atoms with Crippen LogP contribution in [0.25, 0.3) is 10.1 Å². The van der Waals surface area contributed by atoms with Crippen LogP contribution in [0, 0.1) is 0 Å². The first-order chi connectivity index (χ1) is 8.65. The summed E-state index contributed by atoms with van der Waals surface area (Å²) in [7, 11) is 0. The molecule has 0 saturated heterocycles. The van der Waals surface area contributed by atoms with Crippen molar-refractivity contribution in [3.8, 4) is 0 Å². The fraction of sp³-hybridized carbons (Fsp3) is 0.308. The molecule has 3 N–H and O–H groups in total. The van der Waals surface area contributed by atoms with Crippen molar-refractivity contribution >= 4 is 27.4 Å². The lowest BCUT2D eigenvalue weighted by Gasteiger charge is -2.16. The van der Waals surface area contributed by atoms with Crippen molar-refractivity contribution in [1.29, 1.82) is 0 Å². The molecule has 1 aromatic carbocycles. The summed E-state index contributed by atoms with van der Waals surface area (Å²) in [5.41, 5.74) is 6.39. The van der Waals surface area contributed by atoms with E-state index in [2.05, 4.69) is 0 Å². The average Bonchev–Trinajstić information content (AvgIpc) is 2.81. The molecule has 0 aliphatic rings. The number of hydrogen-bond donors (Lipinski definition) is 2. The predicted molar refractivity (Wildman–Crippen MR) is 71.4 cm³/mol. The predicted octanol–water partition coefficient (Wildman–Crippen LogP) is 1.83. The number of benzene rings is 1. The van der Waals surface area contributed by atoms with Gasteiger partial charge in [0.15, 0.2) is 0 Å². The molecule has 2 aromatic rings. The second kappa shape index (κ2) is 5.48. The Morgan fingerprint density at radius 1 is 1.50 bits per heavy atom. The summed E-state index contributed by atoms with van der Waals surface area (Å²) in [6.45, 7) is 1.96. The quantitative estimate of drug-likeness (QED) is 0.827. The Hall–Kier alpha value is -1.43. The van der Waals surface area contributed by atoms with Gasteiger partial charge in [0.1, 0.15) is 12.1 Å². The molecule has 4 nitrogen and oxygen atoms in total. The van der Waals surface area contributed by atoms with E-state index in [-0.39, 0.29) is 6.61 Å². The highest BCUT2D eigenvalue weighted by Gasteiger charge is 2.27. The van der Waals surface area contributed by atoms with Gasteiger partial charge in [-0.1, -0.05) is 18.2 Å². The number of hydrogen-bond acceptors (Lipinski definition) is 5. The number of aliphatic hydroxyl groups excluding tert-OH is 1. The lowest BCUT2D eigenvalue weighted by atomic mass is 10.0. The topological polar surface area (TPSA) is 72.5 Å². The van der Waals surface area contributed by atoms with Crippen LogP contribution in [0.2, 0.25) is 0 Å². The van der Waals surface area contributed by atoms with Crippen LogP contribution in [0.4, 0.5) is 0 Å². The molecule has 0 saturated carbocycles. The van der Waals surface area contributed by atoms with Gasteiger partial charge in [-0.05, 0) is 23.8 Å². The summed E-state index contributed by atoms with van der Waals surface area (Å²) in [4.78, 5) is 11.5. The highest BCUT2D eigenvalue weighted by atomic mass is 32.1. The maximum atomic E-state index is 11.5. The van der Waals surface area contributed by atoms with E-state index in [1.807, 2.05) is 29.6 Å². The summed E-state index contributed by atoms with van der Waals surface area (Å²) in [5.74, 6) is -0.583. The number of carbonyl (C=O) groups is 1. The maximum Gasteiger partial charge on any atom is 0.325 e. The van der Waals surface area contributed by atoms with Gasteiger partial charge in [-0.25, -0.2) is 0 Å². The zero-order valence-electron chi connectivity index (χ0n) is 10.00. The number of esters is 1. The number of ether oxygens (including phenoxy) is 1. The first kappa shape index (κ1) is 13.0. The van der Waals surface area contributed by atoms with Crippen LogP contribution < -0.4 is 5.73 Å². The van der Waals surface area contributed by atoms with Gasteiger partial charge in [-0.2, -0.15) is 0 Å². The largest absolute Gasteiger partial charge is 0.465 e. The van der Waals surface area contributed by atoms with Gasteiger partial charge in [0.05, 0.1) is 6.61 Å². The highest BCUT2D eigenvalue weighted by molar-refractivity contribution is 7.17. The minimum atomic E-state index is -1.05. The summed E-state index contributed by atoms with van der Waals surface area (Å²) in [6.07, 6.45) is -1.04. The summed E-state index contributed by atoms with van der Waals surface area (Å²) < 4.78 is 5.87. The van der Waals surface area contributed by atoms with Crippen molar-refractivity contribution in [2.45, 2.75) is 19.1 Å². The monoisotopic (exact) mass is 265 g/mol. The van der Waals surface area contributed by atoms with E-state index < -0.39 is 18.1 Å². The third-order valence-corrected chi connectivity index (χ3v) is 3.71. The second-order valence-electron chi connectivity index (χ2n) is 3.91. The van der Waals surface area contributed by atoms with E-state index in [0.29, 0.717) is 5.56 Å². The number of nitrogens with two attached hydrogens (primary N) is 1. The standard InChI is InChI=1S/C13H15NO3S/c1-2-17-13(16)11(14)12(15)9-7-18-10-6-4-3-5-8(9)10/h3-7,11-12,15H,2,14H2,1H3. The van der Waals surface area contributed by atoms with Gasteiger partial charge >= 0.3 is 5.97 Å². The minimum absolute atomic E-state index is 0.254. The van der Waals surface area contributed by atoms with Crippen LogP contribution in [-0.4, -0.2) is 23.7 Å². The van der Waals surface area contributed by atoms with E-state index in [1.54, 1.807) is 6.92 Å². The van der Waals surface area contributed by atoms with Gasteiger partial charge in [0.25, 0.3) is 0 Å². The lowest BCUT2D eigenvalue weighted by Crippen LogP contribution is -2.38. The Bertz CT molecular complexity index is 552. The van der Waals surface area contributed by atoms with E-state index in [1.165, 1.54) is 11.3 Å². The third kappa shape index (κ3) is 2.38. The molecular weight excluding hydrogens is 250 g/mol. The van der Waals surface area contributed by atoms with Crippen molar-refractivity contribution in [3.63, 3.8) is 0 Å². The molecule has 2 rings (SSSR count). The Kier molecular flexibility index (Phi) is 3.96. The molecule has 0 bridgehead atoms. The van der Waals surface area contributed by atoms with E-state index in [9.17, 15) is 9.90 Å². The first-order valence-corrected chi connectivity index (χ1v) is 6.59. The van der Waals surface area contributed by atoms with E-state index >= 15 is 0 Å². The number of fused-ring (bicyclic) bond motifs is 1. The Labute approximate surface area is 109 Å². The van der Waals surface area contributed by atoms with Crippen LogP contribution in [0.15, 0.2) is 29.6 Å². The van der Waals surface area contributed by atoms with Gasteiger partial charge < -0.3 is 15.6 Å². The van der Waals surface area contributed by atoms with Crippen LogP contribution in [0.3, 0.4) is 0 Å². The molecule has 0 radical (unpaired) electrons. The van der Waals surface area contributed by atoms with Crippen LogP contribution in [-0.2, 0) is 9.53 Å². The van der Waals surface area contributed by atoms with E-state index in [4.69, 9.17) is 10.5 Å². The first-order valence-electron chi connectivity index (χ1n) is 5.71. The van der Waals surface area contributed by atoms with E-state index in [0.717, 1.165) is 10.1 Å². The molecule has 0 amide bonds. The second-order valence-corrected chi connectivity index (χ2v) is 4.82. The molecule has 96 valence electrons. The Morgan fingerprint density at radius 3 is 2.94 bits per heavy atom. The number of rotatable bonds is 4. The summed E-state index contributed by atoms with van der Waals surface area (Å²) >= 11 is 1.52. The Morgan fingerprint density at radius 2 is 2.22 bits per heavy atom. The van der Waals surface area contributed by atoms with Crippen molar-refractivity contribution in [2.75, 3.05) is 6.61 Å². The van der Waals surface area contributed by atoms with Crippen LogP contribution in [0.1, 0.15) is 18.6 Å². The fourth-order valence-electron chi connectivity index (χ4n) is 1.79. The molecule has 1 heterocycles. The zero-order chi connectivity index (χ0) is 13.1. The average molecular weight is 265 g/mol. The smallest absolute Gasteiger partial charge is 0.325 e. The van der Waals surface area contributed by atoms with Gasteiger partial charge in [0.2, 0.25) is 0 Å². The van der Waals surface area contributed by atoms with Gasteiger partial charge in [-0.15, -0.1) is 11.3 Å². The van der Waals surface area contributed by atoms with Gasteiger partial charge in [-0.3, -0.25) is 4.79 Å². The number of thiophene rings is 1. The van der Waals surface area contributed by atoms with Crippen LogP contribution in [0.5, 0.6) is 0 Å². The van der Waals surface area contributed by atoms with Crippen LogP contribution >= 0.6 is 11.3 Å². The normalized spacial score (nSPS) is 14.4. The molecule has 0 aliphatic carbocycles. The maximum absolute atomic E-state index is 11.5. The summed E-state index contributed by atoms with van der Waals surface area (Å²) in [5, 5.41) is 12.9. The molecule has 2 atom stereocenters. The van der Waals surface area contributed by atoms with Crippen molar-refractivity contribution in [2.24, 2.45) is 5.73 Å². The van der Waals surface area contributed by atoms with Crippen molar-refractivity contribution in [1.82, 2.24) is 0 Å². The van der Waals surface area contributed by atoms with Crippen molar-refractivity contribution < 1.29 is 14.6 Å². The highest BCUT2D eigenvalue weighted by Crippen LogP contribution is 2.31. The lowest BCUT2D eigenvalue weighted by molar-refractivity contribution is -0.147. The number of aliphatic hydroxyl groups is 1. The molecular formula is C13H15NO3S. The molecule has 0 aliphatic heterocycles. The van der Waals surface area contributed by atoms with Gasteiger partial charge in [0, 0.05) is 10.3 Å². The summed E-state index contributed by atoms with van der Waals surface area (Å²) in [6, 6.07) is 6.64. The third-order valence-electron chi connectivity index (χ3n) is 2.73. The molecule has 0 fully saturated rings. The molecule has 2 unspecified atom stereocenters. The molecule has 0 spiro atoms. The molecule has 18 heavy (non-hydrogen) atoms. The Balaban J connectivity index is 2.28. The SMILES string of the molecule is CCOC(=O)C(N)C(O)c1csc2ccccc12. The molecule has 5 heteroatoms. The zero-order valence-corrected chi connectivity index (χ0v) is 10.8.